The standard InChI is InChI=1S/C18H19N5O.C2HF3O2/c1-11-6-14(8-16-17(11)22-23-21-16)18(24)20-10-15-7-12-4-2-3-5-13(12)9-19-15;3-2(4,5)1(6)7/h2-6,8,15,19H,7,9-10H2,1H3,(H,20,24)(H,21,22,23);(H,6,7). The molecule has 1 aliphatic heterocycles. The minimum absolute atomic E-state index is 0.0799. The lowest BCUT2D eigenvalue weighted by Crippen LogP contribution is -2.44. The van der Waals surface area contributed by atoms with Crippen molar-refractivity contribution in [3.05, 3.63) is 58.7 Å². The van der Waals surface area contributed by atoms with E-state index in [1.807, 2.05) is 13.0 Å². The fourth-order valence-corrected chi connectivity index (χ4v) is 3.23. The number of alkyl halides is 3. The van der Waals surface area contributed by atoms with Crippen molar-refractivity contribution >= 4 is 22.9 Å². The van der Waals surface area contributed by atoms with Crippen LogP contribution in [0.2, 0.25) is 0 Å². The first-order valence-corrected chi connectivity index (χ1v) is 9.34. The van der Waals surface area contributed by atoms with E-state index in [1.54, 1.807) is 6.07 Å². The van der Waals surface area contributed by atoms with Gasteiger partial charge in [-0.1, -0.05) is 24.3 Å². The Bertz CT molecular complexity index is 1100. The van der Waals surface area contributed by atoms with Crippen LogP contribution in [-0.4, -0.2) is 51.2 Å². The average Bonchev–Trinajstić information content (AvgIpc) is 3.21. The second-order valence-electron chi connectivity index (χ2n) is 7.05. The summed E-state index contributed by atoms with van der Waals surface area (Å²) in [5.74, 6) is -2.84. The van der Waals surface area contributed by atoms with Gasteiger partial charge < -0.3 is 15.7 Å². The molecular formula is C20H20F3N5O3. The number of aliphatic carboxylic acids is 1. The third kappa shape index (κ3) is 5.57. The zero-order valence-electron chi connectivity index (χ0n) is 16.5. The molecule has 1 aliphatic rings. The SMILES string of the molecule is Cc1cc(C(=O)NCC2Cc3ccccc3CN2)cc2n[nH]nc12.O=C(O)C(F)(F)F. The zero-order valence-corrected chi connectivity index (χ0v) is 16.5. The monoisotopic (exact) mass is 435 g/mol. The molecule has 1 atom stereocenters. The highest BCUT2D eigenvalue weighted by molar-refractivity contribution is 5.98. The minimum Gasteiger partial charge on any atom is -0.475 e. The largest absolute Gasteiger partial charge is 0.490 e. The molecule has 1 aromatic heterocycles. The van der Waals surface area contributed by atoms with Crippen molar-refractivity contribution < 1.29 is 27.9 Å². The van der Waals surface area contributed by atoms with Crippen molar-refractivity contribution in [1.82, 2.24) is 26.0 Å². The predicted octanol–water partition coefficient (Wildman–Crippen LogP) is 2.34. The van der Waals surface area contributed by atoms with Crippen LogP contribution in [0.1, 0.15) is 27.0 Å². The number of fused-ring (bicyclic) bond motifs is 2. The van der Waals surface area contributed by atoms with E-state index in [2.05, 4.69) is 50.3 Å². The number of carbonyl (C=O) groups excluding carboxylic acids is 1. The first-order chi connectivity index (χ1) is 14.6. The number of aromatic amines is 1. The molecule has 0 radical (unpaired) electrons. The number of amides is 1. The van der Waals surface area contributed by atoms with Crippen LogP contribution in [0.3, 0.4) is 0 Å². The average molecular weight is 435 g/mol. The summed E-state index contributed by atoms with van der Waals surface area (Å²) in [6.07, 6.45) is -4.15. The summed E-state index contributed by atoms with van der Waals surface area (Å²) in [5.41, 5.74) is 5.77. The van der Waals surface area contributed by atoms with Crippen molar-refractivity contribution in [2.75, 3.05) is 6.54 Å². The van der Waals surface area contributed by atoms with Gasteiger partial charge in [0.05, 0.1) is 0 Å². The Morgan fingerprint density at radius 1 is 1.19 bits per heavy atom. The third-order valence-corrected chi connectivity index (χ3v) is 4.79. The summed E-state index contributed by atoms with van der Waals surface area (Å²) in [7, 11) is 0. The molecule has 0 bridgehead atoms. The maximum Gasteiger partial charge on any atom is 0.490 e. The predicted molar refractivity (Wildman–Crippen MR) is 105 cm³/mol. The number of H-pyrrole nitrogens is 1. The van der Waals surface area contributed by atoms with Gasteiger partial charge >= 0.3 is 12.1 Å². The molecule has 4 rings (SSSR count). The molecule has 0 spiro atoms. The number of aryl methyl sites for hydroxylation is 1. The van der Waals surface area contributed by atoms with Crippen LogP contribution in [0, 0.1) is 6.92 Å². The zero-order chi connectivity index (χ0) is 22.6. The highest BCUT2D eigenvalue weighted by Gasteiger charge is 2.38. The van der Waals surface area contributed by atoms with Crippen LogP contribution < -0.4 is 10.6 Å². The number of aromatic nitrogens is 3. The third-order valence-electron chi connectivity index (χ3n) is 4.79. The van der Waals surface area contributed by atoms with Crippen LogP contribution in [0.4, 0.5) is 13.2 Å². The summed E-state index contributed by atoms with van der Waals surface area (Å²) in [4.78, 5) is 21.3. The second-order valence-corrected chi connectivity index (χ2v) is 7.05. The Morgan fingerprint density at radius 3 is 2.55 bits per heavy atom. The number of hydrogen-bond acceptors (Lipinski definition) is 5. The molecule has 164 valence electrons. The molecule has 0 aliphatic carbocycles. The fraction of sp³-hybridized carbons (Fsp3) is 0.300. The van der Waals surface area contributed by atoms with Crippen LogP contribution in [0.25, 0.3) is 11.0 Å². The number of carboxylic acid groups (broad SMARTS) is 1. The van der Waals surface area contributed by atoms with Crippen molar-refractivity contribution in [3.63, 3.8) is 0 Å². The highest BCUT2D eigenvalue weighted by atomic mass is 19.4. The Kier molecular flexibility index (Phi) is 6.54. The van der Waals surface area contributed by atoms with E-state index < -0.39 is 12.1 Å². The van der Waals surface area contributed by atoms with E-state index >= 15 is 0 Å². The quantitative estimate of drug-likeness (QED) is 0.501. The number of rotatable bonds is 3. The number of hydrogen-bond donors (Lipinski definition) is 4. The minimum atomic E-state index is -5.08. The summed E-state index contributed by atoms with van der Waals surface area (Å²) in [5, 5.41) is 24.4. The molecule has 3 aromatic rings. The lowest BCUT2D eigenvalue weighted by Gasteiger charge is -2.26. The van der Waals surface area contributed by atoms with Gasteiger partial charge in [-0.3, -0.25) is 4.79 Å². The van der Waals surface area contributed by atoms with E-state index in [0.717, 1.165) is 24.0 Å². The summed E-state index contributed by atoms with van der Waals surface area (Å²) >= 11 is 0. The van der Waals surface area contributed by atoms with E-state index in [0.29, 0.717) is 17.6 Å². The Morgan fingerprint density at radius 2 is 1.87 bits per heavy atom. The molecule has 4 N–H and O–H groups in total. The van der Waals surface area contributed by atoms with E-state index in [9.17, 15) is 18.0 Å². The number of halogens is 3. The molecule has 0 saturated carbocycles. The first-order valence-electron chi connectivity index (χ1n) is 9.34. The van der Waals surface area contributed by atoms with Crippen molar-refractivity contribution in [2.24, 2.45) is 0 Å². The van der Waals surface area contributed by atoms with Gasteiger partial charge in [-0.25, -0.2) is 4.79 Å². The molecule has 0 saturated heterocycles. The van der Waals surface area contributed by atoms with Crippen LogP contribution in [0.5, 0.6) is 0 Å². The van der Waals surface area contributed by atoms with Gasteiger partial charge in [0.25, 0.3) is 5.91 Å². The van der Waals surface area contributed by atoms with Gasteiger partial charge in [-0.15, -0.1) is 0 Å². The number of benzene rings is 2. The lowest BCUT2D eigenvalue weighted by atomic mass is 9.96. The number of carbonyl (C=O) groups is 2. The Hall–Kier alpha value is -3.47. The molecule has 2 aromatic carbocycles. The maximum atomic E-state index is 12.5. The summed E-state index contributed by atoms with van der Waals surface area (Å²) < 4.78 is 31.7. The van der Waals surface area contributed by atoms with Gasteiger partial charge in [0.15, 0.2) is 0 Å². The van der Waals surface area contributed by atoms with Gasteiger partial charge in [0.2, 0.25) is 0 Å². The van der Waals surface area contributed by atoms with E-state index in [-0.39, 0.29) is 11.9 Å². The Labute approximate surface area is 174 Å². The smallest absolute Gasteiger partial charge is 0.475 e. The number of carboxylic acids is 1. The van der Waals surface area contributed by atoms with E-state index in [1.165, 1.54) is 11.1 Å². The summed E-state index contributed by atoms with van der Waals surface area (Å²) in [6, 6.07) is 12.3. The molecular weight excluding hydrogens is 415 g/mol. The van der Waals surface area contributed by atoms with Crippen molar-refractivity contribution in [1.29, 1.82) is 0 Å². The highest BCUT2D eigenvalue weighted by Crippen LogP contribution is 2.18. The van der Waals surface area contributed by atoms with E-state index in [4.69, 9.17) is 9.90 Å². The van der Waals surface area contributed by atoms with Crippen molar-refractivity contribution in [2.45, 2.75) is 32.1 Å². The number of nitrogens with zero attached hydrogens (tertiary/aromatic N) is 2. The first kappa shape index (κ1) is 22.2. The van der Waals surface area contributed by atoms with Gasteiger partial charge in [-0.05, 0) is 42.2 Å². The topological polar surface area (TPSA) is 120 Å². The van der Waals surface area contributed by atoms with Crippen molar-refractivity contribution in [3.8, 4) is 0 Å². The van der Waals surface area contributed by atoms with Gasteiger partial charge in [0.1, 0.15) is 11.0 Å². The Balaban J connectivity index is 0.000000339. The number of nitrogens with one attached hydrogen (secondary N) is 3. The van der Waals surface area contributed by atoms with Crippen LogP contribution in [-0.2, 0) is 17.8 Å². The molecule has 0 fully saturated rings. The second kappa shape index (κ2) is 9.13. The molecule has 8 nitrogen and oxygen atoms in total. The van der Waals surface area contributed by atoms with Gasteiger partial charge in [-0.2, -0.15) is 28.6 Å². The molecule has 11 heteroatoms. The molecule has 31 heavy (non-hydrogen) atoms. The van der Waals surface area contributed by atoms with Crippen LogP contribution >= 0.6 is 0 Å². The lowest BCUT2D eigenvalue weighted by molar-refractivity contribution is -0.192. The molecule has 1 amide bonds. The van der Waals surface area contributed by atoms with Gasteiger partial charge in [0, 0.05) is 24.7 Å². The molecule has 1 unspecified atom stereocenters. The normalized spacial score (nSPS) is 15.5. The fourth-order valence-electron chi connectivity index (χ4n) is 3.23. The summed E-state index contributed by atoms with van der Waals surface area (Å²) in [6.45, 7) is 3.38. The maximum absolute atomic E-state index is 12.5. The molecule has 2 heterocycles. The van der Waals surface area contributed by atoms with Crippen LogP contribution in [0.15, 0.2) is 36.4 Å².